The van der Waals surface area contributed by atoms with Gasteiger partial charge in [-0.05, 0) is 56.2 Å². The van der Waals surface area contributed by atoms with E-state index in [1.165, 1.54) is 11.6 Å². The van der Waals surface area contributed by atoms with Crippen LogP contribution in [0.3, 0.4) is 0 Å². The van der Waals surface area contributed by atoms with Crippen LogP contribution in [-0.2, 0) is 36.3 Å². The van der Waals surface area contributed by atoms with E-state index in [1.807, 2.05) is 12.1 Å². The van der Waals surface area contributed by atoms with Crippen molar-refractivity contribution in [2.75, 3.05) is 12.4 Å². The van der Waals surface area contributed by atoms with Crippen molar-refractivity contribution in [3.63, 3.8) is 0 Å². The van der Waals surface area contributed by atoms with Gasteiger partial charge in [-0.2, -0.15) is 0 Å². The fourth-order valence-corrected chi connectivity index (χ4v) is 6.04. The van der Waals surface area contributed by atoms with Crippen molar-refractivity contribution in [2.45, 2.75) is 52.0 Å². The average Bonchev–Trinajstić information content (AvgIpc) is 2.98. The van der Waals surface area contributed by atoms with Gasteiger partial charge in [0.2, 0.25) is 0 Å². The lowest BCUT2D eigenvalue weighted by Gasteiger charge is -2.17. The van der Waals surface area contributed by atoms with Crippen LogP contribution in [0.4, 0.5) is 5.82 Å². The van der Waals surface area contributed by atoms with Gasteiger partial charge in [-0.25, -0.2) is 18.2 Å². The van der Waals surface area contributed by atoms with Gasteiger partial charge in [-0.3, -0.25) is 13.9 Å². The molecule has 0 saturated carbocycles. The van der Waals surface area contributed by atoms with Crippen LogP contribution in [0.5, 0.6) is 0 Å². The monoisotopic (exact) mass is 495 g/mol. The van der Waals surface area contributed by atoms with Crippen molar-refractivity contribution in [1.82, 2.24) is 9.13 Å². The van der Waals surface area contributed by atoms with Crippen LogP contribution in [0.2, 0.25) is 5.02 Å². The van der Waals surface area contributed by atoms with Crippen LogP contribution in [0.15, 0.2) is 38.8 Å². The Labute approximate surface area is 198 Å². The molecule has 10 heteroatoms. The first-order valence-electron chi connectivity index (χ1n) is 11.2. The third-order valence-electron chi connectivity index (χ3n) is 5.94. The zero-order valence-electron chi connectivity index (χ0n) is 19.0. The summed E-state index contributed by atoms with van der Waals surface area (Å²) in [4.78, 5) is 30.4. The molecule has 0 fully saturated rings. The molecule has 2 aromatic rings. The highest BCUT2D eigenvalue weighted by atomic mass is 35.5. The van der Waals surface area contributed by atoms with Crippen molar-refractivity contribution < 1.29 is 13.5 Å². The number of nitrogens with zero attached hydrogens (tertiary/aromatic N) is 3. The average molecular weight is 496 g/mol. The maximum atomic E-state index is 13.2. The fraction of sp³-hybridized carbons (Fsp3) is 0.522. The Morgan fingerprint density at radius 3 is 2.55 bits per heavy atom. The summed E-state index contributed by atoms with van der Waals surface area (Å²) in [6, 6.07) is 7.42. The normalized spacial score (nSPS) is 16.2. The lowest BCUT2D eigenvalue weighted by molar-refractivity contribution is 0.277. The van der Waals surface area contributed by atoms with Gasteiger partial charge in [0.05, 0.1) is 11.3 Å². The lowest BCUT2D eigenvalue weighted by Crippen LogP contribution is -2.41. The Morgan fingerprint density at radius 1 is 1.21 bits per heavy atom. The van der Waals surface area contributed by atoms with E-state index in [2.05, 4.69) is 4.99 Å². The minimum atomic E-state index is -3.65. The summed E-state index contributed by atoms with van der Waals surface area (Å²) in [7, 11) is -2.16. The molecule has 3 rings (SSSR count). The van der Waals surface area contributed by atoms with E-state index in [-0.39, 0.29) is 42.1 Å². The van der Waals surface area contributed by atoms with E-state index in [0.717, 1.165) is 10.1 Å². The third kappa shape index (κ3) is 5.65. The van der Waals surface area contributed by atoms with Crippen LogP contribution < -0.4 is 11.2 Å². The highest BCUT2D eigenvalue weighted by molar-refractivity contribution is 8.06. The molecule has 180 valence electrons. The van der Waals surface area contributed by atoms with E-state index < -0.39 is 21.1 Å². The number of aliphatic imine (C=N–C) groups is 1. The Kier molecular flexibility index (Phi) is 8.31. The van der Waals surface area contributed by atoms with Crippen LogP contribution in [0.1, 0.15) is 43.7 Å². The topological polar surface area (TPSA) is 111 Å². The molecule has 0 aliphatic carbocycles. The number of rotatable bonds is 8. The lowest BCUT2D eigenvalue weighted by atomic mass is 9.95. The van der Waals surface area contributed by atoms with E-state index in [9.17, 15) is 18.0 Å². The van der Waals surface area contributed by atoms with E-state index in [1.54, 1.807) is 19.1 Å². The molecule has 0 spiro atoms. The molecule has 1 aromatic carbocycles. The van der Waals surface area contributed by atoms with E-state index in [4.69, 9.17) is 16.7 Å². The van der Waals surface area contributed by atoms with Gasteiger partial charge in [0.1, 0.15) is 10.9 Å². The molecule has 8 nitrogen and oxygen atoms in total. The number of aryl methyl sites for hydroxylation is 1. The quantitative estimate of drug-likeness (QED) is 0.605. The maximum Gasteiger partial charge on any atom is 0.332 e. The zero-order chi connectivity index (χ0) is 24.2. The minimum Gasteiger partial charge on any atom is -0.396 e. The number of sulfone groups is 1. The SMILES string of the molecule is CCCS(=O)(=O)C1=Nc2c(c(=O)n(CCCO)c(=O)n2C)CCC1CCc1ccc(Cl)cc1. The summed E-state index contributed by atoms with van der Waals surface area (Å²) in [5.74, 6) is -0.293. The van der Waals surface area contributed by atoms with Gasteiger partial charge < -0.3 is 5.11 Å². The summed E-state index contributed by atoms with van der Waals surface area (Å²) < 4.78 is 28.7. The van der Waals surface area contributed by atoms with E-state index in [0.29, 0.717) is 42.7 Å². The molecule has 0 amide bonds. The second kappa shape index (κ2) is 10.8. The van der Waals surface area contributed by atoms with Crippen molar-refractivity contribution in [1.29, 1.82) is 0 Å². The van der Waals surface area contributed by atoms with Crippen LogP contribution in [-0.4, -0.2) is 40.1 Å². The van der Waals surface area contributed by atoms with E-state index >= 15 is 0 Å². The molecular formula is C23H30ClN3O5S. The van der Waals surface area contributed by atoms with Crippen molar-refractivity contribution in [3.8, 4) is 0 Å². The van der Waals surface area contributed by atoms with Crippen molar-refractivity contribution >= 4 is 32.3 Å². The largest absolute Gasteiger partial charge is 0.396 e. The zero-order valence-corrected chi connectivity index (χ0v) is 20.5. The van der Waals surface area contributed by atoms with Gasteiger partial charge in [0.25, 0.3) is 5.56 Å². The van der Waals surface area contributed by atoms with Crippen LogP contribution in [0.25, 0.3) is 0 Å². The molecule has 0 bridgehead atoms. The number of aromatic nitrogens is 2. The standard InChI is InChI=1S/C23H30ClN3O5S/c1-3-15-33(31,32)21-17(8-5-16-6-10-18(24)11-7-16)9-12-19-20(25-21)26(2)23(30)27(22(19)29)13-4-14-28/h6-7,10-11,17,28H,3-5,8-9,12-15H2,1-2H3. The molecule has 1 aromatic heterocycles. The summed E-state index contributed by atoms with van der Waals surface area (Å²) in [5.41, 5.74) is 0.346. The number of benzene rings is 1. The second-order valence-electron chi connectivity index (χ2n) is 8.35. The maximum absolute atomic E-state index is 13.2. The number of hydrogen-bond acceptors (Lipinski definition) is 6. The molecule has 1 atom stereocenters. The number of hydrogen-bond donors (Lipinski definition) is 1. The Balaban J connectivity index is 2.07. The Bertz CT molecular complexity index is 1250. The Morgan fingerprint density at radius 2 is 1.91 bits per heavy atom. The van der Waals surface area contributed by atoms with Gasteiger partial charge in [0.15, 0.2) is 9.84 Å². The number of halogens is 1. The van der Waals surface area contributed by atoms with Crippen LogP contribution >= 0.6 is 11.6 Å². The van der Waals surface area contributed by atoms with Crippen LogP contribution in [0, 0.1) is 5.92 Å². The molecular weight excluding hydrogens is 466 g/mol. The molecule has 33 heavy (non-hydrogen) atoms. The van der Waals surface area contributed by atoms with Gasteiger partial charge in [0, 0.05) is 31.1 Å². The predicted molar refractivity (Wildman–Crippen MR) is 130 cm³/mol. The number of aliphatic hydroxyl groups excluding tert-OH is 1. The first kappa shape index (κ1) is 25.4. The summed E-state index contributed by atoms with van der Waals surface area (Å²) in [5, 5.41) is 9.81. The summed E-state index contributed by atoms with van der Waals surface area (Å²) >= 11 is 5.97. The van der Waals surface area contributed by atoms with Gasteiger partial charge in [-0.1, -0.05) is 30.7 Å². The molecule has 0 radical (unpaired) electrons. The molecule has 1 N–H and O–H groups in total. The first-order valence-corrected chi connectivity index (χ1v) is 13.2. The third-order valence-corrected chi connectivity index (χ3v) is 8.20. The predicted octanol–water partition coefficient (Wildman–Crippen LogP) is 2.63. The molecule has 0 saturated heterocycles. The summed E-state index contributed by atoms with van der Waals surface area (Å²) in [6.45, 7) is 1.75. The molecule has 2 heterocycles. The van der Waals surface area contributed by atoms with Crippen molar-refractivity contribution in [2.24, 2.45) is 18.0 Å². The van der Waals surface area contributed by atoms with Gasteiger partial charge in [-0.15, -0.1) is 0 Å². The molecule has 1 unspecified atom stereocenters. The molecule has 1 aliphatic rings. The highest BCUT2D eigenvalue weighted by Gasteiger charge is 2.32. The minimum absolute atomic E-state index is 0.0415. The number of aliphatic hydroxyl groups is 1. The first-order chi connectivity index (χ1) is 15.7. The van der Waals surface area contributed by atoms with Crippen molar-refractivity contribution in [3.05, 3.63) is 61.3 Å². The smallest absolute Gasteiger partial charge is 0.332 e. The highest BCUT2D eigenvalue weighted by Crippen LogP contribution is 2.29. The molecule has 1 aliphatic heterocycles. The summed E-state index contributed by atoms with van der Waals surface area (Å²) in [6.07, 6.45) is 2.66. The number of fused-ring (bicyclic) bond motifs is 1. The van der Waals surface area contributed by atoms with Gasteiger partial charge >= 0.3 is 5.69 Å². The Hall–Kier alpha value is -2.23. The fourth-order valence-electron chi connectivity index (χ4n) is 4.20. The second-order valence-corrected chi connectivity index (χ2v) is 10.8.